The van der Waals surface area contributed by atoms with Gasteiger partial charge in [0.05, 0.1) is 11.9 Å². The summed E-state index contributed by atoms with van der Waals surface area (Å²) in [6, 6.07) is 13.6. The molecule has 0 unspecified atom stereocenters. The third kappa shape index (κ3) is 8.16. The van der Waals surface area contributed by atoms with Crippen LogP contribution in [0.4, 0.5) is 5.69 Å². The molecule has 0 spiro atoms. The van der Waals surface area contributed by atoms with E-state index in [1.807, 2.05) is 45.0 Å². The fourth-order valence-corrected chi connectivity index (χ4v) is 4.49. The standard InChI is InChI=1S/C24H32BrN3O4S/c1-17(2)14-26-24(30)19(4)27(15-20-7-6-8-21(25)13-20)23(29)16-28(33(5,31)32)22-11-9-18(3)10-12-22/h6-13,17,19H,14-16H2,1-5H3,(H,26,30)/t19-/m0/s1. The number of aryl methyl sites for hydroxylation is 1. The Morgan fingerprint density at radius 2 is 1.70 bits per heavy atom. The molecule has 0 aliphatic carbocycles. The third-order valence-electron chi connectivity index (χ3n) is 5.09. The van der Waals surface area contributed by atoms with Crippen LogP contribution in [-0.4, -0.2) is 50.5 Å². The highest BCUT2D eigenvalue weighted by atomic mass is 79.9. The van der Waals surface area contributed by atoms with Crippen LogP contribution in [0.15, 0.2) is 53.0 Å². The van der Waals surface area contributed by atoms with Gasteiger partial charge in [-0.05, 0) is 49.6 Å². The lowest BCUT2D eigenvalue weighted by molar-refractivity contribution is -0.139. The maximum Gasteiger partial charge on any atom is 0.244 e. The van der Waals surface area contributed by atoms with Crippen LogP contribution >= 0.6 is 15.9 Å². The minimum atomic E-state index is -3.73. The molecule has 0 saturated carbocycles. The number of sulfonamides is 1. The zero-order valence-electron chi connectivity index (χ0n) is 19.7. The molecule has 2 rings (SSSR count). The first kappa shape index (κ1) is 26.9. The molecule has 0 aliphatic rings. The molecule has 0 aliphatic heterocycles. The van der Waals surface area contributed by atoms with Crippen molar-refractivity contribution < 1.29 is 18.0 Å². The zero-order chi connectivity index (χ0) is 24.8. The van der Waals surface area contributed by atoms with Gasteiger partial charge in [0.2, 0.25) is 21.8 Å². The Labute approximate surface area is 205 Å². The Morgan fingerprint density at radius 3 is 2.24 bits per heavy atom. The fraction of sp³-hybridized carbons (Fsp3) is 0.417. The van der Waals surface area contributed by atoms with E-state index >= 15 is 0 Å². The highest BCUT2D eigenvalue weighted by Gasteiger charge is 2.30. The smallest absolute Gasteiger partial charge is 0.244 e. The van der Waals surface area contributed by atoms with E-state index in [-0.39, 0.29) is 18.4 Å². The van der Waals surface area contributed by atoms with Gasteiger partial charge in [-0.25, -0.2) is 8.42 Å². The second-order valence-electron chi connectivity index (χ2n) is 8.57. The SMILES string of the molecule is Cc1ccc(N(CC(=O)N(Cc2cccc(Br)c2)[C@@H](C)C(=O)NCC(C)C)S(C)(=O)=O)cc1. The Kier molecular flexibility index (Phi) is 9.48. The molecule has 2 aromatic rings. The van der Waals surface area contributed by atoms with Crippen LogP contribution in [-0.2, 0) is 26.2 Å². The highest BCUT2D eigenvalue weighted by Crippen LogP contribution is 2.20. The number of carbonyl (C=O) groups is 2. The van der Waals surface area contributed by atoms with E-state index in [1.54, 1.807) is 31.2 Å². The second-order valence-corrected chi connectivity index (χ2v) is 11.4. The van der Waals surface area contributed by atoms with Crippen molar-refractivity contribution in [2.24, 2.45) is 5.92 Å². The number of hydrogen-bond acceptors (Lipinski definition) is 4. The Balaban J connectivity index is 2.35. The van der Waals surface area contributed by atoms with Crippen LogP contribution in [0.25, 0.3) is 0 Å². The monoisotopic (exact) mass is 537 g/mol. The van der Waals surface area contributed by atoms with Gasteiger partial charge in [-0.3, -0.25) is 13.9 Å². The minimum absolute atomic E-state index is 0.167. The van der Waals surface area contributed by atoms with Crippen molar-refractivity contribution >= 4 is 43.5 Å². The molecule has 7 nitrogen and oxygen atoms in total. The van der Waals surface area contributed by atoms with E-state index in [1.165, 1.54) is 4.90 Å². The predicted molar refractivity (Wildman–Crippen MR) is 135 cm³/mol. The molecule has 0 aromatic heterocycles. The van der Waals surface area contributed by atoms with E-state index in [4.69, 9.17) is 0 Å². The van der Waals surface area contributed by atoms with Crippen LogP contribution in [0.3, 0.4) is 0 Å². The molecule has 1 atom stereocenters. The minimum Gasteiger partial charge on any atom is -0.354 e. The molecule has 1 N–H and O–H groups in total. The van der Waals surface area contributed by atoms with E-state index in [9.17, 15) is 18.0 Å². The van der Waals surface area contributed by atoms with Gasteiger partial charge in [0.1, 0.15) is 12.6 Å². The summed E-state index contributed by atoms with van der Waals surface area (Å²) in [5.74, 6) is -0.487. The van der Waals surface area contributed by atoms with Crippen LogP contribution in [0, 0.1) is 12.8 Å². The van der Waals surface area contributed by atoms with E-state index in [2.05, 4.69) is 21.2 Å². The zero-order valence-corrected chi connectivity index (χ0v) is 22.1. The van der Waals surface area contributed by atoms with Crippen molar-refractivity contribution in [3.63, 3.8) is 0 Å². The van der Waals surface area contributed by atoms with Crippen molar-refractivity contribution in [1.29, 1.82) is 0 Å². The molecule has 0 bridgehead atoms. The lowest BCUT2D eigenvalue weighted by Gasteiger charge is -2.31. The molecule has 0 fully saturated rings. The first-order valence-corrected chi connectivity index (χ1v) is 13.4. The summed E-state index contributed by atoms with van der Waals surface area (Å²) in [5.41, 5.74) is 2.20. The Hall–Kier alpha value is -2.39. The number of nitrogens with zero attached hydrogens (tertiary/aromatic N) is 2. The topological polar surface area (TPSA) is 86.8 Å². The van der Waals surface area contributed by atoms with Gasteiger partial charge in [0.15, 0.2) is 0 Å². The lowest BCUT2D eigenvalue weighted by Crippen LogP contribution is -2.51. The first-order valence-electron chi connectivity index (χ1n) is 10.7. The lowest BCUT2D eigenvalue weighted by atomic mass is 10.1. The number of rotatable bonds is 10. The van der Waals surface area contributed by atoms with Crippen molar-refractivity contribution in [3.05, 3.63) is 64.1 Å². The second kappa shape index (κ2) is 11.7. The number of anilines is 1. The van der Waals surface area contributed by atoms with Crippen LogP contribution < -0.4 is 9.62 Å². The summed E-state index contributed by atoms with van der Waals surface area (Å²) in [4.78, 5) is 27.7. The largest absolute Gasteiger partial charge is 0.354 e. The van der Waals surface area contributed by atoms with E-state index in [0.29, 0.717) is 12.2 Å². The van der Waals surface area contributed by atoms with Gasteiger partial charge < -0.3 is 10.2 Å². The Morgan fingerprint density at radius 1 is 1.06 bits per heavy atom. The molecule has 2 aromatic carbocycles. The molecular formula is C24H32BrN3O4S. The molecule has 0 saturated heterocycles. The molecule has 180 valence electrons. The van der Waals surface area contributed by atoms with Crippen LogP contribution in [0.5, 0.6) is 0 Å². The highest BCUT2D eigenvalue weighted by molar-refractivity contribution is 9.10. The number of amides is 2. The molecule has 0 radical (unpaired) electrons. The summed E-state index contributed by atoms with van der Waals surface area (Å²) in [7, 11) is -3.73. The molecule has 9 heteroatoms. The van der Waals surface area contributed by atoms with Gasteiger partial charge in [0.25, 0.3) is 0 Å². The summed E-state index contributed by atoms with van der Waals surface area (Å²) in [5, 5.41) is 2.86. The van der Waals surface area contributed by atoms with Gasteiger partial charge >= 0.3 is 0 Å². The number of hydrogen-bond donors (Lipinski definition) is 1. The van der Waals surface area contributed by atoms with Crippen LogP contribution in [0.1, 0.15) is 31.9 Å². The van der Waals surface area contributed by atoms with Crippen LogP contribution in [0.2, 0.25) is 0 Å². The number of halogens is 1. The fourth-order valence-electron chi connectivity index (χ4n) is 3.19. The summed E-state index contributed by atoms with van der Waals surface area (Å²) in [6.45, 7) is 7.78. The number of carbonyl (C=O) groups excluding carboxylic acids is 2. The molecule has 2 amide bonds. The van der Waals surface area contributed by atoms with E-state index in [0.717, 1.165) is 26.2 Å². The molecule has 33 heavy (non-hydrogen) atoms. The van der Waals surface area contributed by atoms with E-state index < -0.39 is 28.5 Å². The van der Waals surface area contributed by atoms with Gasteiger partial charge in [0, 0.05) is 17.6 Å². The summed E-state index contributed by atoms with van der Waals surface area (Å²) < 4.78 is 27.0. The average Bonchev–Trinajstić information content (AvgIpc) is 2.73. The van der Waals surface area contributed by atoms with Gasteiger partial charge in [-0.15, -0.1) is 0 Å². The number of benzene rings is 2. The summed E-state index contributed by atoms with van der Waals surface area (Å²) in [6.07, 6.45) is 1.07. The van der Waals surface area contributed by atoms with Crippen molar-refractivity contribution in [3.8, 4) is 0 Å². The maximum atomic E-state index is 13.4. The molecular weight excluding hydrogens is 506 g/mol. The van der Waals surface area contributed by atoms with Crippen molar-refractivity contribution in [2.75, 3.05) is 23.7 Å². The number of nitrogens with one attached hydrogen (secondary N) is 1. The van der Waals surface area contributed by atoms with Crippen molar-refractivity contribution in [2.45, 2.75) is 40.3 Å². The quantitative estimate of drug-likeness (QED) is 0.500. The Bertz CT molecular complexity index is 1070. The normalized spacial score (nSPS) is 12.3. The average molecular weight is 539 g/mol. The predicted octanol–water partition coefficient (Wildman–Crippen LogP) is 3.71. The van der Waals surface area contributed by atoms with Crippen molar-refractivity contribution in [1.82, 2.24) is 10.2 Å². The maximum absolute atomic E-state index is 13.4. The van der Waals surface area contributed by atoms with Gasteiger partial charge in [-0.1, -0.05) is 59.6 Å². The summed E-state index contributed by atoms with van der Waals surface area (Å²) >= 11 is 3.43. The first-order chi connectivity index (χ1) is 15.4. The molecule has 0 heterocycles. The van der Waals surface area contributed by atoms with Gasteiger partial charge in [-0.2, -0.15) is 0 Å². The third-order valence-corrected chi connectivity index (χ3v) is 6.73.